The molecule has 8 nitrogen and oxygen atoms in total. The molecule has 0 atom stereocenters. The Morgan fingerprint density at radius 3 is 2.46 bits per heavy atom. The molecule has 2 aromatic carbocycles. The second-order valence-electron chi connectivity index (χ2n) is 6.02. The largest absolute Gasteiger partial charge is 0.493 e. The van der Waals surface area contributed by atoms with E-state index in [1.54, 1.807) is 21.3 Å². The lowest BCUT2D eigenvalue weighted by atomic mass is 10.1. The van der Waals surface area contributed by atoms with Crippen LogP contribution in [-0.2, 0) is 0 Å². The van der Waals surface area contributed by atoms with E-state index in [0.717, 1.165) is 22.6 Å². The van der Waals surface area contributed by atoms with Gasteiger partial charge in [0.15, 0.2) is 23.0 Å². The molecule has 0 unspecified atom stereocenters. The van der Waals surface area contributed by atoms with Gasteiger partial charge in [-0.25, -0.2) is 9.97 Å². The van der Waals surface area contributed by atoms with Crippen LogP contribution in [0.1, 0.15) is 6.92 Å². The van der Waals surface area contributed by atoms with Gasteiger partial charge in [0.25, 0.3) is 0 Å². The second-order valence-corrected chi connectivity index (χ2v) is 6.02. The zero-order chi connectivity index (χ0) is 19.7. The van der Waals surface area contributed by atoms with Crippen molar-refractivity contribution in [3.8, 4) is 28.7 Å². The van der Waals surface area contributed by atoms with Gasteiger partial charge in [0.05, 0.1) is 26.7 Å². The van der Waals surface area contributed by atoms with Gasteiger partial charge in [-0.2, -0.15) is 0 Å². The molecule has 0 aliphatic carbocycles. The molecule has 3 aromatic rings. The Morgan fingerprint density at radius 1 is 0.964 bits per heavy atom. The maximum absolute atomic E-state index is 5.58. The number of hydrogen-bond donors (Lipinski definition) is 0. The number of hydrogen-bond acceptors (Lipinski definition) is 8. The van der Waals surface area contributed by atoms with Gasteiger partial charge >= 0.3 is 0 Å². The number of nitrogens with zero attached hydrogens (tertiary/aromatic N) is 3. The van der Waals surface area contributed by atoms with E-state index >= 15 is 0 Å². The molecule has 0 fully saturated rings. The van der Waals surface area contributed by atoms with Crippen LogP contribution in [0, 0.1) is 0 Å². The minimum Gasteiger partial charge on any atom is -0.493 e. The Balaban J connectivity index is 1.92. The Hall–Kier alpha value is -3.42. The fraction of sp³-hybridized carbons (Fsp3) is 0.300. The molecule has 1 aromatic heterocycles. The summed E-state index contributed by atoms with van der Waals surface area (Å²) in [5.41, 5.74) is 1.57. The molecule has 0 saturated heterocycles. The van der Waals surface area contributed by atoms with Gasteiger partial charge in [-0.1, -0.05) is 0 Å². The maximum Gasteiger partial charge on any atom is 0.231 e. The van der Waals surface area contributed by atoms with E-state index in [0.29, 0.717) is 35.1 Å². The lowest BCUT2D eigenvalue weighted by Gasteiger charge is -2.24. The number of methoxy groups -OCH3 is 3. The smallest absolute Gasteiger partial charge is 0.231 e. The highest BCUT2D eigenvalue weighted by Gasteiger charge is 2.23. The van der Waals surface area contributed by atoms with Crippen molar-refractivity contribution in [1.29, 1.82) is 0 Å². The van der Waals surface area contributed by atoms with Crippen molar-refractivity contribution in [2.75, 3.05) is 39.6 Å². The van der Waals surface area contributed by atoms with Gasteiger partial charge in [0.2, 0.25) is 12.5 Å². The van der Waals surface area contributed by atoms with E-state index in [9.17, 15) is 0 Å². The summed E-state index contributed by atoms with van der Waals surface area (Å²) in [5, 5.41) is 0.788. The Bertz CT molecular complexity index is 1020. The van der Waals surface area contributed by atoms with Crippen LogP contribution in [0.15, 0.2) is 30.6 Å². The molecular weight excluding hydrogens is 362 g/mol. The highest BCUT2D eigenvalue weighted by molar-refractivity contribution is 5.98. The third-order valence-electron chi connectivity index (χ3n) is 4.65. The van der Waals surface area contributed by atoms with Crippen molar-refractivity contribution in [1.82, 2.24) is 9.97 Å². The SMILES string of the molecule is CCN(c1ccc2c(c1)OCO2)c1ncnc2c(OC)c(OC)c(OC)cc12. The van der Waals surface area contributed by atoms with Crippen LogP contribution in [0.4, 0.5) is 11.5 Å². The molecule has 28 heavy (non-hydrogen) atoms. The van der Waals surface area contributed by atoms with E-state index in [4.69, 9.17) is 23.7 Å². The predicted octanol–water partition coefficient (Wildman–Crippen LogP) is 3.54. The third kappa shape index (κ3) is 2.77. The van der Waals surface area contributed by atoms with Crippen LogP contribution in [0.3, 0.4) is 0 Å². The molecule has 0 bridgehead atoms. The van der Waals surface area contributed by atoms with Gasteiger partial charge in [0, 0.05) is 18.3 Å². The minimum atomic E-state index is 0.232. The number of rotatable bonds is 6. The van der Waals surface area contributed by atoms with Gasteiger partial charge in [0.1, 0.15) is 17.7 Å². The molecule has 0 saturated carbocycles. The summed E-state index contributed by atoms with van der Waals surface area (Å²) in [5.74, 6) is 3.72. The zero-order valence-corrected chi connectivity index (χ0v) is 16.2. The molecule has 0 amide bonds. The summed E-state index contributed by atoms with van der Waals surface area (Å²) >= 11 is 0. The number of fused-ring (bicyclic) bond motifs is 2. The summed E-state index contributed by atoms with van der Waals surface area (Å²) < 4.78 is 27.5. The van der Waals surface area contributed by atoms with Crippen LogP contribution >= 0.6 is 0 Å². The van der Waals surface area contributed by atoms with Crippen LogP contribution in [0.5, 0.6) is 28.7 Å². The van der Waals surface area contributed by atoms with Crippen molar-refractivity contribution in [3.63, 3.8) is 0 Å². The van der Waals surface area contributed by atoms with Gasteiger partial charge in [-0.05, 0) is 25.1 Å². The highest BCUT2D eigenvalue weighted by atomic mass is 16.7. The summed E-state index contributed by atoms with van der Waals surface area (Å²) in [6, 6.07) is 7.68. The lowest BCUT2D eigenvalue weighted by molar-refractivity contribution is 0.174. The van der Waals surface area contributed by atoms with Crippen LogP contribution < -0.4 is 28.6 Å². The molecule has 0 radical (unpaired) electrons. The van der Waals surface area contributed by atoms with Crippen molar-refractivity contribution in [2.45, 2.75) is 6.92 Å². The average Bonchev–Trinajstić information content (AvgIpc) is 3.21. The molecule has 2 heterocycles. The molecule has 4 rings (SSSR count). The Morgan fingerprint density at radius 2 is 1.75 bits per heavy atom. The van der Waals surface area contributed by atoms with Crippen molar-refractivity contribution < 1.29 is 23.7 Å². The highest BCUT2D eigenvalue weighted by Crippen LogP contribution is 2.45. The third-order valence-corrected chi connectivity index (χ3v) is 4.65. The van der Waals surface area contributed by atoms with Gasteiger partial charge < -0.3 is 28.6 Å². The molecule has 0 N–H and O–H groups in total. The molecule has 146 valence electrons. The van der Waals surface area contributed by atoms with Gasteiger partial charge in [-0.15, -0.1) is 0 Å². The number of benzene rings is 2. The quantitative estimate of drug-likeness (QED) is 0.640. The first-order valence-corrected chi connectivity index (χ1v) is 8.82. The fourth-order valence-corrected chi connectivity index (χ4v) is 3.37. The summed E-state index contributed by atoms with van der Waals surface area (Å²) in [6.45, 7) is 2.97. The Kier molecular flexibility index (Phi) is 4.68. The van der Waals surface area contributed by atoms with Crippen LogP contribution in [0.25, 0.3) is 10.9 Å². The normalized spacial score (nSPS) is 12.1. The molecular formula is C20H21N3O5. The zero-order valence-electron chi connectivity index (χ0n) is 16.2. The molecule has 1 aliphatic rings. The molecule has 0 spiro atoms. The maximum atomic E-state index is 5.58. The summed E-state index contributed by atoms with van der Waals surface area (Å²) in [4.78, 5) is 11.0. The lowest BCUT2D eigenvalue weighted by Crippen LogP contribution is -2.18. The van der Waals surface area contributed by atoms with E-state index in [1.807, 2.05) is 24.3 Å². The topological polar surface area (TPSA) is 75.2 Å². The first-order valence-electron chi connectivity index (χ1n) is 8.82. The van der Waals surface area contributed by atoms with E-state index in [2.05, 4.69) is 21.8 Å². The minimum absolute atomic E-state index is 0.232. The van der Waals surface area contributed by atoms with E-state index < -0.39 is 0 Å². The standard InChI is InChI=1S/C20H21N3O5/c1-5-23(12-6-7-14-15(8-12)28-11-27-14)20-13-9-16(24-2)18(25-3)19(26-4)17(13)21-10-22-20/h6-10H,5,11H2,1-4H3. The van der Waals surface area contributed by atoms with Crippen LogP contribution in [-0.4, -0.2) is 44.6 Å². The molecule has 1 aliphatic heterocycles. The average molecular weight is 383 g/mol. The fourth-order valence-electron chi connectivity index (χ4n) is 3.37. The van der Waals surface area contributed by atoms with Gasteiger partial charge in [-0.3, -0.25) is 0 Å². The Labute approximate surface area is 162 Å². The monoisotopic (exact) mass is 383 g/mol. The number of ether oxygens (including phenoxy) is 5. The van der Waals surface area contributed by atoms with E-state index in [-0.39, 0.29) is 6.79 Å². The predicted molar refractivity (Wildman–Crippen MR) is 104 cm³/mol. The van der Waals surface area contributed by atoms with Crippen molar-refractivity contribution in [2.24, 2.45) is 0 Å². The first-order chi connectivity index (χ1) is 13.7. The summed E-state index contributed by atoms with van der Waals surface area (Å²) in [7, 11) is 4.73. The molecule has 8 heteroatoms. The summed E-state index contributed by atoms with van der Waals surface area (Å²) in [6.07, 6.45) is 1.52. The number of aromatic nitrogens is 2. The van der Waals surface area contributed by atoms with Crippen molar-refractivity contribution >= 4 is 22.4 Å². The second kappa shape index (κ2) is 7.30. The first kappa shape index (κ1) is 18.0. The number of anilines is 2. The van der Waals surface area contributed by atoms with Crippen LogP contribution in [0.2, 0.25) is 0 Å². The van der Waals surface area contributed by atoms with Crippen molar-refractivity contribution in [3.05, 3.63) is 30.6 Å². The van der Waals surface area contributed by atoms with E-state index in [1.165, 1.54) is 6.33 Å².